The van der Waals surface area contributed by atoms with Crippen molar-refractivity contribution >= 4 is 18.4 Å². The summed E-state index contributed by atoms with van der Waals surface area (Å²) < 4.78 is 144. The molecule has 24 heavy (non-hydrogen) atoms. The van der Waals surface area contributed by atoms with Crippen LogP contribution in [0.3, 0.4) is 0 Å². The van der Waals surface area contributed by atoms with Gasteiger partial charge in [0.05, 0.1) is 10.6 Å². The Morgan fingerprint density at radius 1 is 0.375 bits per heavy atom. The van der Waals surface area contributed by atoms with Crippen molar-refractivity contribution in [2.45, 2.75) is 0 Å². The van der Waals surface area contributed by atoms with E-state index in [-0.39, 0.29) is 0 Å². The van der Waals surface area contributed by atoms with Gasteiger partial charge in [0.25, 0.3) is 0 Å². The second-order valence-corrected chi connectivity index (χ2v) is 5.88. The lowest BCUT2D eigenvalue weighted by atomic mass is 10.3. The predicted molar refractivity (Wildman–Crippen MR) is 60.7 cm³/mol. The third-order valence-corrected chi connectivity index (χ3v) is 4.66. The molecular formula is C12HF10OP. The van der Waals surface area contributed by atoms with Gasteiger partial charge < -0.3 is 4.57 Å². The fourth-order valence-corrected chi connectivity index (χ4v) is 3.22. The lowest BCUT2D eigenvalue weighted by Gasteiger charge is -2.11. The van der Waals surface area contributed by atoms with E-state index in [2.05, 4.69) is 0 Å². The average Bonchev–Trinajstić information content (AvgIpc) is 2.55. The first kappa shape index (κ1) is 18.3. The SMILES string of the molecule is O=[PH](c1c(F)c(F)c(F)c(F)c1F)c1c(F)c(F)c(F)c(F)c1F. The van der Waals surface area contributed by atoms with Crippen molar-refractivity contribution in [1.29, 1.82) is 0 Å². The van der Waals surface area contributed by atoms with Gasteiger partial charge >= 0.3 is 0 Å². The summed E-state index contributed by atoms with van der Waals surface area (Å²) in [6.07, 6.45) is 0. The molecule has 1 nitrogen and oxygen atoms in total. The molecule has 0 saturated carbocycles. The molecule has 0 aliphatic carbocycles. The van der Waals surface area contributed by atoms with Crippen molar-refractivity contribution < 1.29 is 48.5 Å². The number of hydrogen-bond acceptors (Lipinski definition) is 1. The summed E-state index contributed by atoms with van der Waals surface area (Å²) >= 11 is 0. The molecule has 0 fully saturated rings. The van der Waals surface area contributed by atoms with Gasteiger partial charge in [0.15, 0.2) is 46.5 Å². The molecule has 0 aromatic heterocycles. The fourth-order valence-electron chi connectivity index (χ4n) is 1.73. The maximum absolute atomic E-state index is 13.5. The first-order valence-corrected chi connectivity index (χ1v) is 7.00. The summed E-state index contributed by atoms with van der Waals surface area (Å²) in [6, 6.07) is 0. The molecule has 0 bridgehead atoms. The van der Waals surface area contributed by atoms with Crippen LogP contribution in [0.4, 0.5) is 43.9 Å². The molecule has 0 amide bonds. The van der Waals surface area contributed by atoms with Crippen LogP contribution in [0.5, 0.6) is 0 Å². The molecule has 0 unspecified atom stereocenters. The minimum atomic E-state index is -4.83. The lowest BCUT2D eigenvalue weighted by molar-refractivity contribution is 0.382. The van der Waals surface area contributed by atoms with Crippen LogP contribution in [0, 0.1) is 58.2 Å². The van der Waals surface area contributed by atoms with E-state index in [1.807, 2.05) is 0 Å². The quantitative estimate of drug-likeness (QED) is 0.336. The Kier molecular flexibility index (Phi) is 4.67. The summed E-state index contributed by atoms with van der Waals surface area (Å²) in [6.45, 7) is 0. The maximum Gasteiger partial charge on any atom is 0.200 e. The molecule has 0 radical (unpaired) electrons. The lowest BCUT2D eigenvalue weighted by Crippen LogP contribution is -2.25. The van der Waals surface area contributed by atoms with E-state index < -0.39 is 76.6 Å². The predicted octanol–water partition coefficient (Wildman–Crippen LogP) is 3.59. The van der Waals surface area contributed by atoms with Crippen LogP contribution in [0.2, 0.25) is 0 Å². The molecule has 0 spiro atoms. The van der Waals surface area contributed by atoms with Crippen LogP contribution in [0.15, 0.2) is 0 Å². The van der Waals surface area contributed by atoms with Crippen molar-refractivity contribution in [3.05, 3.63) is 58.2 Å². The highest BCUT2D eigenvalue weighted by Gasteiger charge is 2.35. The topological polar surface area (TPSA) is 17.1 Å². The molecule has 0 atom stereocenters. The smallest absolute Gasteiger partial charge is 0.200 e. The van der Waals surface area contributed by atoms with Gasteiger partial charge in [-0.2, -0.15) is 0 Å². The maximum atomic E-state index is 13.5. The molecule has 2 aromatic rings. The standard InChI is InChI=1S/C12HF10OP/c13-1-3(15)7(19)11(8(20)4(1)16)24(23)12-9(21)5(17)2(14)6(18)10(12)22/h24H. The Morgan fingerprint density at radius 2 is 0.542 bits per heavy atom. The van der Waals surface area contributed by atoms with Crippen molar-refractivity contribution in [3.8, 4) is 0 Å². The summed E-state index contributed by atoms with van der Waals surface area (Å²) in [4.78, 5) is 0. The summed E-state index contributed by atoms with van der Waals surface area (Å²) in [7, 11) is -4.83. The van der Waals surface area contributed by atoms with E-state index >= 15 is 0 Å². The van der Waals surface area contributed by atoms with Gasteiger partial charge in [-0.25, -0.2) is 43.9 Å². The average molecular weight is 382 g/mol. The number of halogens is 10. The molecule has 0 N–H and O–H groups in total. The van der Waals surface area contributed by atoms with Crippen molar-refractivity contribution in [2.75, 3.05) is 0 Å². The third-order valence-electron chi connectivity index (χ3n) is 2.87. The molecule has 130 valence electrons. The van der Waals surface area contributed by atoms with Crippen molar-refractivity contribution in [1.82, 2.24) is 0 Å². The van der Waals surface area contributed by atoms with Crippen LogP contribution in [-0.4, -0.2) is 0 Å². The second kappa shape index (κ2) is 6.12. The van der Waals surface area contributed by atoms with E-state index in [1.54, 1.807) is 0 Å². The van der Waals surface area contributed by atoms with Gasteiger partial charge in [0.1, 0.15) is 7.80 Å². The Labute approximate surface area is 126 Å². The molecule has 0 aliphatic rings. The molecule has 12 heteroatoms. The summed E-state index contributed by atoms with van der Waals surface area (Å²) in [5.74, 6) is -26.5. The van der Waals surface area contributed by atoms with E-state index in [9.17, 15) is 48.5 Å². The highest BCUT2D eigenvalue weighted by Crippen LogP contribution is 2.31. The zero-order valence-electron chi connectivity index (χ0n) is 10.7. The van der Waals surface area contributed by atoms with Gasteiger partial charge in [0, 0.05) is 0 Å². The zero-order chi connectivity index (χ0) is 18.5. The molecule has 0 aliphatic heterocycles. The Bertz CT molecular complexity index is 765. The highest BCUT2D eigenvalue weighted by molar-refractivity contribution is 7.61. The van der Waals surface area contributed by atoms with Crippen LogP contribution in [0.1, 0.15) is 0 Å². The van der Waals surface area contributed by atoms with Crippen LogP contribution in [0.25, 0.3) is 0 Å². The van der Waals surface area contributed by atoms with Gasteiger partial charge in [0.2, 0.25) is 11.6 Å². The van der Waals surface area contributed by atoms with E-state index in [0.717, 1.165) is 0 Å². The van der Waals surface area contributed by atoms with Gasteiger partial charge in [-0.05, 0) is 0 Å². The monoisotopic (exact) mass is 382 g/mol. The second-order valence-electron chi connectivity index (χ2n) is 4.22. The Balaban J connectivity index is 2.87. The molecule has 2 rings (SSSR count). The van der Waals surface area contributed by atoms with Crippen LogP contribution < -0.4 is 10.6 Å². The molecule has 0 saturated heterocycles. The summed E-state index contributed by atoms with van der Waals surface area (Å²) in [5, 5.41) is -4.36. The third kappa shape index (κ3) is 2.47. The van der Waals surface area contributed by atoms with Crippen molar-refractivity contribution in [3.63, 3.8) is 0 Å². The van der Waals surface area contributed by atoms with Crippen LogP contribution in [-0.2, 0) is 4.57 Å². The molecule has 0 heterocycles. The number of rotatable bonds is 2. The zero-order valence-corrected chi connectivity index (χ0v) is 11.7. The van der Waals surface area contributed by atoms with E-state index in [1.165, 1.54) is 0 Å². The fraction of sp³-hybridized carbons (Fsp3) is 0. The first-order valence-electron chi connectivity index (χ1n) is 5.59. The normalized spacial score (nSPS) is 11.5. The minimum Gasteiger partial charge on any atom is -0.317 e. The Hall–Kier alpha value is -2.03. The largest absolute Gasteiger partial charge is 0.317 e. The highest BCUT2D eigenvalue weighted by atomic mass is 31.1. The minimum absolute atomic E-state index is 2.18. The van der Waals surface area contributed by atoms with Crippen molar-refractivity contribution in [2.24, 2.45) is 0 Å². The van der Waals surface area contributed by atoms with Crippen LogP contribution >= 0.6 is 7.80 Å². The molecule has 2 aromatic carbocycles. The molecular weight excluding hydrogens is 381 g/mol. The van der Waals surface area contributed by atoms with Gasteiger partial charge in [-0.3, -0.25) is 0 Å². The number of hydrogen-bond donors (Lipinski definition) is 0. The van der Waals surface area contributed by atoms with Gasteiger partial charge in [-0.1, -0.05) is 0 Å². The summed E-state index contributed by atoms with van der Waals surface area (Å²) in [5.41, 5.74) is 0. The number of benzene rings is 2. The van der Waals surface area contributed by atoms with Gasteiger partial charge in [-0.15, -0.1) is 0 Å². The van der Waals surface area contributed by atoms with E-state index in [0.29, 0.717) is 0 Å². The Morgan fingerprint density at radius 3 is 0.750 bits per heavy atom. The van der Waals surface area contributed by atoms with E-state index in [4.69, 9.17) is 0 Å². The first-order chi connectivity index (χ1) is 11.0.